The number of urea groups is 1. The van der Waals surface area contributed by atoms with Crippen LogP contribution in [-0.2, 0) is 6.54 Å². The predicted molar refractivity (Wildman–Crippen MR) is 160 cm³/mol. The van der Waals surface area contributed by atoms with Crippen molar-refractivity contribution < 1.29 is 23.1 Å². The number of rotatable bonds is 8. The molecule has 0 atom stereocenters. The number of methoxy groups -OCH3 is 1. The second-order valence-electron chi connectivity index (χ2n) is 9.75. The van der Waals surface area contributed by atoms with Crippen molar-refractivity contribution in [3.05, 3.63) is 114 Å². The number of halogens is 2. The zero-order valence-electron chi connectivity index (χ0n) is 23.1. The first kappa shape index (κ1) is 28.4. The van der Waals surface area contributed by atoms with E-state index in [1.54, 1.807) is 25.3 Å². The highest BCUT2D eigenvalue weighted by molar-refractivity contribution is 6.04. The molecule has 0 saturated carbocycles. The molecule has 3 amide bonds. The number of nitrogens with zero attached hydrogens (tertiary/aromatic N) is 2. The summed E-state index contributed by atoms with van der Waals surface area (Å²) in [4.78, 5) is 30.5. The Morgan fingerprint density at radius 3 is 2.19 bits per heavy atom. The molecule has 10 heteroatoms. The van der Waals surface area contributed by atoms with Crippen LogP contribution in [0.2, 0.25) is 0 Å². The summed E-state index contributed by atoms with van der Waals surface area (Å²) in [5.74, 6) is -1.13. The average Bonchev–Trinajstić information content (AvgIpc) is 3.02. The van der Waals surface area contributed by atoms with Crippen LogP contribution in [0.4, 0.5) is 36.3 Å². The molecule has 1 saturated heterocycles. The van der Waals surface area contributed by atoms with Gasteiger partial charge in [0.2, 0.25) is 0 Å². The molecule has 0 unspecified atom stereocenters. The van der Waals surface area contributed by atoms with Gasteiger partial charge in [0.1, 0.15) is 17.4 Å². The standard InChI is InChI=1S/C32H31F2N5O3/c1-42-30-10-6-5-9-29(30)39-17-15-38(16-18-39)28-14-12-24(36-32(41)37-27-13-11-23(33)19-26(27)34)20-25(28)31(40)35-21-22-7-3-2-4-8-22/h2-14,19-20H,15-18,21H2,1H3,(H,35,40)(H2,36,37,41). The van der Waals surface area contributed by atoms with Crippen molar-refractivity contribution in [2.45, 2.75) is 6.54 Å². The lowest BCUT2D eigenvalue weighted by molar-refractivity contribution is 0.0951. The third kappa shape index (κ3) is 6.77. The first-order valence-corrected chi connectivity index (χ1v) is 13.5. The van der Waals surface area contributed by atoms with Crippen molar-refractivity contribution in [3.63, 3.8) is 0 Å². The molecule has 0 aliphatic carbocycles. The van der Waals surface area contributed by atoms with Crippen LogP contribution in [0.15, 0.2) is 91.0 Å². The molecular weight excluding hydrogens is 540 g/mol. The van der Waals surface area contributed by atoms with E-state index in [1.165, 1.54) is 0 Å². The number of benzene rings is 4. The van der Waals surface area contributed by atoms with E-state index in [0.717, 1.165) is 47.9 Å². The summed E-state index contributed by atoms with van der Waals surface area (Å²) in [6.07, 6.45) is 0. The van der Waals surface area contributed by atoms with Gasteiger partial charge in [0, 0.05) is 50.2 Å². The number of carbonyl (C=O) groups is 2. The normalized spacial score (nSPS) is 12.9. The Bertz CT molecular complexity index is 1560. The fourth-order valence-corrected chi connectivity index (χ4v) is 4.90. The van der Waals surface area contributed by atoms with Gasteiger partial charge in [-0.15, -0.1) is 0 Å². The molecule has 1 fully saturated rings. The Kier molecular flexibility index (Phi) is 8.81. The Labute approximate surface area is 242 Å². The van der Waals surface area contributed by atoms with E-state index < -0.39 is 17.7 Å². The second kappa shape index (κ2) is 13.0. The molecule has 216 valence electrons. The molecule has 42 heavy (non-hydrogen) atoms. The van der Waals surface area contributed by atoms with Crippen molar-refractivity contribution in [3.8, 4) is 5.75 Å². The Hall–Kier alpha value is -5.12. The Balaban J connectivity index is 1.34. The molecule has 0 bridgehead atoms. The van der Waals surface area contributed by atoms with Crippen LogP contribution in [0.3, 0.4) is 0 Å². The number of para-hydroxylation sites is 2. The summed E-state index contributed by atoms with van der Waals surface area (Å²) >= 11 is 0. The highest BCUT2D eigenvalue weighted by Crippen LogP contribution is 2.31. The number of carbonyl (C=O) groups excluding carboxylic acids is 2. The van der Waals surface area contributed by atoms with E-state index >= 15 is 0 Å². The predicted octanol–water partition coefficient (Wildman–Crippen LogP) is 5.87. The molecule has 1 heterocycles. The number of piperazine rings is 1. The van der Waals surface area contributed by atoms with Gasteiger partial charge in [0.05, 0.1) is 24.0 Å². The van der Waals surface area contributed by atoms with E-state index in [1.807, 2.05) is 54.6 Å². The first-order chi connectivity index (χ1) is 20.4. The van der Waals surface area contributed by atoms with Crippen LogP contribution in [-0.4, -0.2) is 45.2 Å². The zero-order valence-corrected chi connectivity index (χ0v) is 23.1. The lowest BCUT2D eigenvalue weighted by atomic mass is 10.1. The number of hydrogen-bond donors (Lipinski definition) is 3. The summed E-state index contributed by atoms with van der Waals surface area (Å²) < 4.78 is 32.8. The number of anilines is 4. The van der Waals surface area contributed by atoms with Crippen LogP contribution in [0.5, 0.6) is 5.75 Å². The van der Waals surface area contributed by atoms with Crippen LogP contribution in [0, 0.1) is 11.6 Å². The summed E-state index contributed by atoms with van der Waals surface area (Å²) in [7, 11) is 1.65. The maximum absolute atomic E-state index is 14.0. The van der Waals surface area contributed by atoms with Crippen LogP contribution >= 0.6 is 0 Å². The lowest BCUT2D eigenvalue weighted by Gasteiger charge is -2.38. The van der Waals surface area contributed by atoms with E-state index in [0.29, 0.717) is 37.0 Å². The number of ether oxygens (including phenoxy) is 1. The van der Waals surface area contributed by atoms with Crippen LogP contribution < -0.4 is 30.5 Å². The largest absolute Gasteiger partial charge is 0.495 e. The number of amides is 3. The maximum atomic E-state index is 14.0. The topological polar surface area (TPSA) is 85.9 Å². The Morgan fingerprint density at radius 1 is 0.786 bits per heavy atom. The van der Waals surface area contributed by atoms with Gasteiger partial charge < -0.3 is 30.5 Å². The zero-order chi connectivity index (χ0) is 29.5. The van der Waals surface area contributed by atoms with E-state index in [2.05, 4.69) is 25.8 Å². The third-order valence-electron chi connectivity index (χ3n) is 7.02. The van der Waals surface area contributed by atoms with E-state index in [-0.39, 0.29) is 11.6 Å². The maximum Gasteiger partial charge on any atom is 0.323 e. The molecule has 1 aliphatic heterocycles. The molecule has 0 spiro atoms. The van der Waals surface area contributed by atoms with Crippen molar-refractivity contribution in [2.75, 3.05) is 53.7 Å². The first-order valence-electron chi connectivity index (χ1n) is 13.5. The summed E-state index contributed by atoms with van der Waals surface area (Å²) in [5, 5.41) is 7.98. The third-order valence-corrected chi connectivity index (χ3v) is 7.02. The molecular formula is C32H31F2N5O3. The Morgan fingerprint density at radius 2 is 1.48 bits per heavy atom. The highest BCUT2D eigenvalue weighted by Gasteiger charge is 2.24. The number of nitrogens with one attached hydrogen (secondary N) is 3. The minimum atomic E-state index is -0.895. The monoisotopic (exact) mass is 571 g/mol. The molecule has 1 aliphatic rings. The van der Waals surface area contributed by atoms with Crippen molar-refractivity contribution in [1.82, 2.24) is 5.32 Å². The van der Waals surface area contributed by atoms with Crippen LogP contribution in [0.1, 0.15) is 15.9 Å². The summed E-state index contributed by atoms with van der Waals surface area (Å²) in [5.41, 5.74) is 3.27. The molecule has 0 radical (unpaired) electrons. The van der Waals surface area contributed by atoms with Gasteiger partial charge in [0.15, 0.2) is 0 Å². The number of hydrogen-bond acceptors (Lipinski definition) is 5. The molecule has 8 nitrogen and oxygen atoms in total. The van der Waals surface area contributed by atoms with Gasteiger partial charge in [0.25, 0.3) is 5.91 Å². The fourth-order valence-electron chi connectivity index (χ4n) is 4.90. The summed E-state index contributed by atoms with van der Waals surface area (Å²) in [6.45, 7) is 3.10. The molecule has 3 N–H and O–H groups in total. The van der Waals surface area contributed by atoms with Gasteiger partial charge >= 0.3 is 6.03 Å². The fraction of sp³-hybridized carbons (Fsp3) is 0.188. The molecule has 5 rings (SSSR count). The van der Waals surface area contributed by atoms with Crippen molar-refractivity contribution in [1.29, 1.82) is 0 Å². The van der Waals surface area contributed by atoms with E-state index in [9.17, 15) is 18.4 Å². The van der Waals surface area contributed by atoms with Gasteiger partial charge in [-0.05, 0) is 48.0 Å². The lowest BCUT2D eigenvalue weighted by Crippen LogP contribution is -2.47. The highest BCUT2D eigenvalue weighted by atomic mass is 19.1. The van der Waals surface area contributed by atoms with E-state index in [4.69, 9.17) is 4.74 Å². The van der Waals surface area contributed by atoms with Gasteiger partial charge in [-0.2, -0.15) is 0 Å². The molecule has 0 aromatic heterocycles. The van der Waals surface area contributed by atoms with Crippen molar-refractivity contribution in [2.24, 2.45) is 0 Å². The average molecular weight is 572 g/mol. The van der Waals surface area contributed by atoms with Crippen LogP contribution in [0.25, 0.3) is 0 Å². The SMILES string of the molecule is COc1ccccc1N1CCN(c2ccc(NC(=O)Nc3ccc(F)cc3F)cc2C(=O)NCc2ccccc2)CC1. The van der Waals surface area contributed by atoms with Gasteiger partial charge in [-0.25, -0.2) is 13.6 Å². The molecule has 4 aromatic rings. The van der Waals surface area contributed by atoms with Gasteiger partial charge in [-0.3, -0.25) is 4.79 Å². The second-order valence-corrected chi connectivity index (χ2v) is 9.75. The van der Waals surface area contributed by atoms with Gasteiger partial charge in [-0.1, -0.05) is 42.5 Å². The quantitative estimate of drug-likeness (QED) is 0.246. The smallest absolute Gasteiger partial charge is 0.323 e. The minimum Gasteiger partial charge on any atom is -0.495 e. The summed E-state index contributed by atoms with van der Waals surface area (Å²) in [6, 6.07) is 24.7. The van der Waals surface area contributed by atoms with Crippen molar-refractivity contribution >= 4 is 34.7 Å². The molecule has 4 aromatic carbocycles. The minimum absolute atomic E-state index is 0.167.